The molecule has 0 unspecified atom stereocenters. The monoisotopic (exact) mass is 442 g/mol. The van der Waals surface area contributed by atoms with Gasteiger partial charge < -0.3 is 14.8 Å². The van der Waals surface area contributed by atoms with Crippen LogP contribution in [0.15, 0.2) is 58.6 Å². The van der Waals surface area contributed by atoms with E-state index in [1.54, 1.807) is 18.2 Å². The molecule has 0 bridgehead atoms. The van der Waals surface area contributed by atoms with E-state index in [-0.39, 0.29) is 18.2 Å². The zero-order valence-corrected chi connectivity index (χ0v) is 17.0. The minimum atomic E-state index is -0.494. The lowest BCUT2D eigenvalue weighted by molar-refractivity contribution is -0.142. The highest BCUT2D eigenvalue weighted by Crippen LogP contribution is 2.27. The minimum absolute atomic E-state index is 0.0158. The summed E-state index contributed by atoms with van der Waals surface area (Å²) >= 11 is 3.35. The van der Waals surface area contributed by atoms with Gasteiger partial charge in [-0.3, -0.25) is 4.79 Å². The molecular formula is C21H19BrN2O4. The number of esters is 1. The Labute approximate surface area is 171 Å². The van der Waals surface area contributed by atoms with Crippen LogP contribution < -0.4 is 10.1 Å². The van der Waals surface area contributed by atoms with Crippen molar-refractivity contribution < 1.29 is 19.1 Å². The summed E-state index contributed by atoms with van der Waals surface area (Å²) in [7, 11) is 1.28. The summed E-state index contributed by atoms with van der Waals surface area (Å²) in [6.07, 6.45) is 1.49. The van der Waals surface area contributed by atoms with Gasteiger partial charge in [0, 0.05) is 0 Å². The lowest BCUT2D eigenvalue weighted by Crippen LogP contribution is -2.27. The molecule has 0 saturated carbocycles. The van der Waals surface area contributed by atoms with Crippen molar-refractivity contribution in [1.29, 1.82) is 5.26 Å². The molecule has 2 rings (SSSR count). The summed E-state index contributed by atoms with van der Waals surface area (Å²) in [5.74, 6) is -0.504. The van der Waals surface area contributed by atoms with Crippen LogP contribution in [0, 0.1) is 11.3 Å². The zero-order valence-electron chi connectivity index (χ0n) is 15.4. The lowest BCUT2D eigenvalue weighted by Gasteiger charge is -2.14. The second-order valence-electron chi connectivity index (χ2n) is 5.83. The first-order valence-electron chi connectivity index (χ1n) is 8.41. The molecule has 0 spiro atoms. The summed E-state index contributed by atoms with van der Waals surface area (Å²) < 4.78 is 10.4. The van der Waals surface area contributed by atoms with Gasteiger partial charge in [0.1, 0.15) is 17.4 Å². The van der Waals surface area contributed by atoms with Crippen LogP contribution in [-0.2, 0) is 14.3 Å². The molecule has 6 nitrogen and oxygen atoms in total. The Hall–Kier alpha value is -3.11. The second-order valence-corrected chi connectivity index (χ2v) is 6.68. The molecule has 2 aromatic rings. The summed E-state index contributed by atoms with van der Waals surface area (Å²) in [4.78, 5) is 23.6. The number of hydrogen-bond donors (Lipinski definition) is 1. The van der Waals surface area contributed by atoms with Gasteiger partial charge >= 0.3 is 5.97 Å². The van der Waals surface area contributed by atoms with E-state index in [0.29, 0.717) is 15.8 Å². The van der Waals surface area contributed by atoms with Crippen LogP contribution in [0.25, 0.3) is 6.08 Å². The van der Waals surface area contributed by atoms with Crippen molar-refractivity contribution in [1.82, 2.24) is 5.32 Å². The normalized spacial score (nSPS) is 11.9. The van der Waals surface area contributed by atoms with Gasteiger partial charge in [-0.05, 0) is 52.2 Å². The molecule has 28 heavy (non-hydrogen) atoms. The molecule has 0 heterocycles. The average molecular weight is 443 g/mol. The first kappa shape index (κ1) is 21.2. The third-order valence-corrected chi connectivity index (χ3v) is 4.47. The van der Waals surface area contributed by atoms with Gasteiger partial charge in [0.15, 0.2) is 6.61 Å². The fourth-order valence-corrected chi connectivity index (χ4v) is 2.85. The third kappa shape index (κ3) is 5.96. The summed E-state index contributed by atoms with van der Waals surface area (Å²) in [5, 5.41) is 12.2. The Morgan fingerprint density at radius 3 is 2.57 bits per heavy atom. The van der Waals surface area contributed by atoms with Crippen LogP contribution in [0.4, 0.5) is 0 Å². The van der Waals surface area contributed by atoms with Crippen LogP contribution in [0.1, 0.15) is 24.1 Å². The van der Waals surface area contributed by atoms with Gasteiger partial charge in [-0.1, -0.05) is 36.4 Å². The fraction of sp³-hybridized carbons (Fsp3) is 0.190. The van der Waals surface area contributed by atoms with Gasteiger partial charge in [-0.15, -0.1) is 0 Å². The van der Waals surface area contributed by atoms with Crippen LogP contribution >= 0.6 is 15.9 Å². The first-order valence-corrected chi connectivity index (χ1v) is 9.20. The summed E-state index contributed by atoms with van der Waals surface area (Å²) in [5.41, 5.74) is 1.57. The van der Waals surface area contributed by atoms with E-state index in [2.05, 4.69) is 26.0 Å². The van der Waals surface area contributed by atoms with Crippen LogP contribution in [0.3, 0.4) is 0 Å². The highest BCUT2D eigenvalue weighted by molar-refractivity contribution is 9.10. The van der Waals surface area contributed by atoms with Crippen molar-refractivity contribution in [2.24, 2.45) is 0 Å². The number of carbonyl (C=O) groups excluding carboxylic acids is 2. The van der Waals surface area contributed by atoms with E-state index in [0.717, 1.165) is 5.56 Å². The topological polar surface area (TPSA) is 88.4 Å². The number of nitriles is 1. The second kappa shape index (κ2) is 10.3. The maximum absolute atomic E-state index is 12.4. The number of ether oxygens (including phenoxy) is 2. The molecule has 0 saturated heterocycles. The van der Waals surface area contributed by atoms with E-state index in [1.807, 2.05) is 43.3 Å². The van der Waals surface area contributed by atoms with Gasteiger partial charge in [0.25, 0.3) is 5.91 Å². The Kier molecular flexibility index (Phi) is 7.78. The fourth-order valence-electron chi connectivity index (χ4n) is 2.33. The zero-order chi connectivity index (χ0) is 20.5. The molecule has 7 heteroatoms. The lowest BCUT2D eigenvalue weighted by atomic mass is 10.1. The smallest absolute Gasteiger partial charge is 0.343 e. The molecule has 1 atom stereocenters. The van der Waals surface area contributed by atoms with Crippen molar-refractivity contribution in [3.8, 4) is 11.8 Å². The number of hydrogen-bond acceptors (Lipinski definition) is 5. The molecule has 1 amide bonds. The van der Waals surface area contributed by atoms with Crippen LogP contribution in [-0.4, -0.2) is 25.6 Å². The average Bonchev–Trinajstić information content (AvgIpc) is 2.71. The van der Waals surface area contributed by atoms with E-state index < -0.39 is 11.9 Å². The van der Waals surface area contributed by atoms with E-state index in [9.17, 15) is 14.9 Å². The molecular weight excluding hydrogens is 424 g/mol. The maximum atomic E-state index is 12.4. The molecule has 0 aliphatic rings. The number of benzene rings is 2. The number of nitrogens with zero attached hydrogens (tertiary/aromatic N) is 1. The van der Waals surface area contributed by atoms with Gasteiger partial charge in [-0.25, -0.2) is 4.79 Å². The van der Waals surface area contributed by atoms with Crippen LogP contribution in [0.2, 0.25) is 0 Å². The van der Waals surface area contributed by atoms with E-state index in [1.165, 1.54) is 13.2 Å². The van der Waals surface area contributed by atoms with Gasteiger partial charge in [0.05, 0.1) is 17.6 Å². The number of methoxy groups -OCH3 is 1. The molecule has 1 N–H and O–H groups in total. The molecule has 0 aliphatic heterocycles. The molecule has 0 aliphatic carbocycles. The Balaban J connectivity index is 2.10. The summed E-state index contributed by atoms with van der Waals surface area (Å²) in [6.45, 7) is 1.64. The van der Waals surface area contributed by atoms with E-state index >= 15 is 0 Å². The van der Waals surface area contributed by atoms with Crippen molar-refractivity contribution in [3.63, 3.8) is 0 Å². The Morgan fingerprint density at radius 1 is 1.25 bits per heavy atom. The Morgan fingerprint density at radius 2 is 1.96 bits per heavy atom. The molecule has 144 valence electrons. The number of halogens is 1. The minimum Gasteiger partial charge on any atom is -0.481 e. The molecule has 0 radical (unpaired) electrons. The quantitative estimate of drug-likeness (QED) is 0.400. The standard InChI is InChI=1S/C21H19BrN2O4/c1-14(16-6-4-3-5-7-16)24-21(26)17(12-23)10-15-8-9-19(18(22)11-15)28-13-20(25)27-2/h3-11,14H,13H2,1-2H3,(H,24,26)/b17-10+/t14-/m1/s1. The number of amides is 1. The van der Waals surface area contributed by atoms with Crippen molar-refractivity contribution in [3.05, 3.63) is 69.7 Å². The largest absolute Gasteiger partial charge is 0.481 e. The highest BCUT2D eigenvalue weighted by atomic mass is 79.9. The van der Waals surface area contributed by atoms with Gasteiger partial charge in [0.2, 0.25) is 0 Å². The van der Waals surface area contributed by atoms with Gasteiger partial charge in [-0.2, -0.15) is 5.26 Å². The third-order valence-electron chi connectivity index (χ3n) is 3.85. The molecule has 0 aromatic heterocycles. The SMILES string of the molecule is COC(=O)COc1ccc(/C=C(\C#N)C(=O)N[C@H](C)c2ccccc2)cc1Br. The number of nitrogens with one attached hydrogen (secondary N) is 1. The number of rotatable bonds is 7. The molecule has 0 fully saturated rings. The predicted octanol–water partition coefficient (Wildman–Crippen LogP) is 3.79. The predicted molar refractivity (Wildman–Crippen MR) is 108 cm³/mol. The van der Waals surface area contributed by atoms with E-state index in [4.69, 9.17) is 4.74 Å². The van der Waals surface area contributed by atoms with Crippen molar-refractivity contribution in [2.75, 3.05) is 13.7 Å². The highest BCUT2D eigenvalue weighted by Gasteiger charge is 2.14. The van der Waals surface area contributed by atoms with Crippen molar-refractivity contribution >= 4 is 33.9 Å². The number of carbonyl (C=O) groups is 2. The first-order chi connectivity index (χ1) is 13.4. The maximum Gasteiger partial charge on any atom is 0.343 e. The van der Waals surface area contributed by atoms with Crippen molar-refractivity contribution in [2.45, 2.75) is 13.0 Å². The molecule has 2 aromatic carbocycles. The Bertz CT molecular complexity index is 920. The summed E-state index contributed by atoms with van der Waals surface area (Å²) in [6, 6.07) is 16.2. The van der Waals surface area contributed by atoms with Crippen LogP contribution in [0.5, 0.6) is 5.75 Å².